The molecule has 0 saturated carbocycles. The van der Waals surface area contributed by atoms with E-state index < -0.39 is 4.92 Å². The number of urea groups is 1. The van der Waals surface area contributed by atoms with E-state index in [0.29, 0.717) is 36.5 Å². The number of hydrogen-bond donors (Lipinski definition) is 2. The third-order valence-electron chi connectivity index (χ3n) is 5.05. The van der Waals surface area contributed by atoms with Crippen LogP contribution in [0.2, 0.25) is 0 Å². The molecule has 2 N–H and O–H groups in total. The Kier molecular flexibility index (Phi) is 8.95. The van der Waals surface area contributed by atoms with E-state index in [4.69, 9.17) is 4.74 Å². The second-order valence-corrected chi connectivity index (χ2v) is 7.44. The van der Waals surface area contributed by atoms with Gasteiger partial charge in [-0.3, -0.25) is 19.8 Å². The molecule has 0 saturated heterocycles. The lowest BCUT2D eigenvalue weighted by molar-refractivity contribution is -0.384. The van der Waals surface area contributed by atoms with Crippen molar-refractivity contribution >= 4 is 35.1 Å². The molecule has 3 amide bonds. The summed E-state index contributed by atoms with van der Waals surface area (Å²) in [5, 5.41) is 16.4. The molecule has 180 valence electrons. The molecule has 0 aliphatic heterocycles. The van der Waals surface area contributed by atoms with Crippen molar-refractivity contribution in [3.8, 4) is 5.75 Å². The summed E-state index contributed by atoms with van der Waals surface area (Å²) < 4.78 is 5.31. The zero-order chi connectivity index (χ0) is 25.0. The molecule has 0 radical (unpaired) electrons. The highest BCUT2D eigenvalue weighted by atomic mass is 16.6. The molecule has 0 atom stereocenters. The minimum Gasteiger partial charge on any atom is -0.495 e. The van der Waals surface area contributed by atoms with E-state index in [-0.39, 0.29) is 17.6 Å². The summed E-state index contributed by atoms with van der Waals surface area (Å²) in [6.45, 7) is 0.728. The standard InChI is InChI=1S/C26H26N4O5/c1-35-24-11-6-5-10-23(24)28-26(32)29(21-8-3-2-4-9-21)19-7-18-27-25(31)17-14-20-12-15-22(16-13-20)30(33)34/h2-6,8-17H,7,18-19H2,1H3,(H,27,31)(H,28,32)/b17-14+. The summed E-state index contributed by atoms with van der Waals surface area (Å²) in [7, 11) is 1.54. The number of carbonyl (C=O) groups is 2. The number of para-hydroxylation sites is 3. The van der Waals surface area contributed by atoms with Gasteiger partial charge in [0.15, 0.2) is 0 Å². The molecular weight excluding hydrogens is 448 g/mol. The van der Waals surface area contributed by atoms with Gasteiger partial charge in [-0.1, -0.05) is 30.3 Å². The molecule has 0 fully saturated rings. The topological polar surface area (TPSA) is 114 Å². The molecule has 3 aromatic rings. The monoisotopic (exact) mass is 474 g/mol. The SMILES string of the molecule is COc1ccccc1NC(=O)N(CCCNC(=O)/C=C/c1ccc([N+](=O)[O-])cc1)c1ccccc1. The Morgan fingerprint density at radius 3 is 2.37 bits per heavy atom. The second-order valence-electron chi connectivity index (χ2n) is 7.44. The van der Waals surface area contributed by atoms with Gasteiger partial charge in [0.1, 0.15) is 5.75 Å². The maximum absolute atomic E-state index is 13.1. The average molecular weight is 475 g/mol. The van der Waals surface area contributed by atoms with Crippen LogP contribution in [0.3, 0.4) is 0 Å². The lowest BCUT2D eigenvalue weighted by Gasteiger charge is -2.24. The molecule has 0 unspecified atom stereocenters. The van der Waals surface area contributed by atoms with Crippen LogP contribution in [-0.2, 0) is 4.79 Å². The third-order valence-corrected chi connectivity index (χ3v) is 5.05. The van der Waals surface area contributed by atoms with Gasteiger partial charge >= 0.3 is 6.03 Å². The second kappa shape index (κ2) is 12.5. The van der Waals surface area contributed by atoms with E-state index in [1.165, 1.54) is 18.2 Å². The first kappa shape index (κ1) is 25.0. The van der Waals surface area contributed by atoms with Crippen molar-refractivity contribution < 1.29 is 19.2 Å². The number of carbonyl (C=O) groups excluding carboxylic acids is 2. The number of anilines is 2. The van der Waals surface area contributed by atoms with Crippen molar-refractivity contribution in [2.75, 3.05) is 30.4 Å². The number of benzene rings is 3. The summed E-state index contributed by atoms with van der Waals surface area (Å²) in [6, 6.07) is 22.0. The zero-order valence-electron chi connectivity index (χ0n) is 19.2. The van der Waals surface area contributed by atoms with Crippen molar-refractivity contribution in [1.82, 2.24) is 5.32 Å². The van der Waals surface area contributed by atoms with Gasteiger partial charge in [-0.05, 0) is 54.5 Å². The predicted octanol–water partition coefficient (Wildman–Crippen LogP) is 4.86. The fourth-order valence-corrected chi connectivity index (χ4v) is 3.27. The van der Waals surface area contributed by atoms with Crippen molar-refractivity contribution in [3.05, 3.63) is 101 Å². The summed E-state index contributed by atoms with van der Waals surface area (Å²) in [5.74, 6) is 0.258. The Morgan fingerprint density at radius 1 is 1.00 bits per heavy atom. The van der Waals surface area contributed by atoms with E-state index in [1.807, 2.05) is 42.5 Å². The van der Waals surface area contributed by atoms with Crippen molar-refractivity contribution in [2.24, 2.45) is 0 Å². The fraction of sp³-hybridized carbons (Fsp3) is 0.154. The number of nitro groups is 1. The predicted molar refractivity (Wildman–Crippen MR) is 136 cm³/mol. The zero-order valence-corrected chi connectivity index (χ0v) is 19.2. The van der Waals surface area contributed by atoms with Crippen molar-refractivity contribution in [3.63, 3.8) is 0 Å². The van der Waals surface area contributed by atoms with Gasteiger partial charge < -0.3 is 15.4 Å². The Labute approximate surface area is 203 Å². The van der Waals surface area contributed by atoms with Crippen LogP contribution in [0.1, 0.15) is 12.0 Å². The van der Waals surface area contributed by atoms with Crippen LogP contribution in [0.15, 0.2) is 84.9 Å². The number of methoxy groups -OCH3 is 1. The van der Waals surface area contributed by atoms with Gasteiger partial charge in [-0.15, -0.1) is 0 Å². The average Bonchev–Trinajstić information content (AvgIpc) is 2.88. The van der Waals surface area contributed by atoms with E-state index >= 15 is 0 Å². The van der Waals surface area contributed by atoms with Crippen LogP contribution in [0.25, 0.3) is 6.08 Å². The van der Waals surface area contributed by atoms with Crippen LogP contribution in [0.4, 0.5) is 21.9 Å². The summed E-state index contributed by atoms with van der Waals surface area (Å²) in [6.07, 6.45) is 3.46. The summed E-state index contributed by atoms with van der Waals surface area (Å²) in [5.41, 5.74) is 1.95. The Balaban J connectivity index is 1.55. The number of non-ortho nitro benzene ring substituents is 1. The number of nitrogens with zero attached hydrogens (tertiary/aromatic N) is 2. The molecule has 0 heterocycles. The number of ether oxygens (including phenoxy) is 1. The molecular formula is C26H26N4O5. The minimum absolute atomic E-state index is 0.00989. The highest BCUT2D eigenvalue weighted by Gasteiger charge is 2.17. The lowest BCUT2D eigenvalue weighted by atomic mass is 10.2. The van der Waals surface area contributed by atoms with Gasteiger partial charge in [0.25, 0.3) is 5.69 Å². The maximum Gasteiger partial charge on any atom is 0.326 e. The fourth-order valence-electron chi connectivity index (χ4n) is 3.27. The molecule has 3 rings (SSSR count). The Morgan fingerprint density at radius 2 is 1.69 bits per heavy atom. The lowest BCUT2D eigenvalue weighted by Crippen LogP contribution is -2.37. The van der Waals surface area contributed by atoms with Gasteiger partial charge in [0, 0.05) is 37.0 Å². The van der Waals surface area contributed by atoms with Crippen LogP contribution < -0.4 is 20.3 Å². The number of rotatable bonds is 10. The number of hydrogen-bond acceptors (Lipinski definition) is 5. The summed E-state index contributed by atoms with van der Waals surface area (Å²) >= 11 is 0. The molecule has 9 nitrogen and oxygen atoms in total. The van der Waals surface area contributed by atoms with E-state index in [2.05, 4.69) is 10.6 Å². The number of nitro benzene ring substituents is 1. The molecule has 0 spiro atoms. The highest BCUT2D eigenvalue weighted by molar-refractivity contribution is 6.02. The van der Waals surface area contributed by atoms with Gasteiger partial charge in [0.05, 0.1) is 17.7 Å². The van der Waals surface area contributed by atoms with Gasteiger partial charge in [-0.2, -0.15) is 0 Å². The summed E-state index contributed by atoms with van der Waals surface area (Å²) in [4.78, 5) is 37.0. The molecule has 0 aliphatic carbocycles. The van der Waals surface area contributed by atoms with Crippen LogP contribution in [-0.4, -0.2) is 37.1 Å². The van der Waals surface area contributed by atoms with Crippen LogP contribution in [0, 0.1) is 10.1 Å². The van der Waals surface area contributed by atoms with E-state index in [0.717, 1.165) is 5.69 Å². The first-order chi connectivity index (χ1) is 17.0. The quantitative estimate of drug-likeness (QED) is 0.188. The first-order valence-electron chi connectivity index (χ1n) is 10.9. The van der Waals surface area contributed by atoms with E-state index in [1.54, 1.807) is 42.4 Å². The van der Waals surface area contributed by atoms with Gasteiger partial charge in [-0.25, -0.2) is 4.79 Å². The number of nitrogens with one attached hydrogen (secondary N) is 2. The van der Waals surface area contributed by atoms with Crippen LogP contribution >= 0.6 is 0 Å². The third kappa shape index (κ3) is 7.43. The molecule has 0 bridgehead atoms. The molecule has 0 aromatic heterocycles. The van der Waals surface area contributed by atoms with Crippen LogP contribution in [0.5, 0.6) is 5.75 Å². The largest absolute Gasteiger partial charge is 0.495 e. The number of amides is 3. The smallest absolute Gasteiger partial charge is 0.326 e. The normalized spacial score (nSPS) is 10.5. The molecule has 9 heteroatoms. The highest BCUT2D eigenvalue weighted by Crippen LogP contribution is 2.24. The first-order valence-corrected chi connectivity index (χ1v) is 10.9. The van der Waals surface area contributed by atoms with Gasteiger partial charge in [0.2, 0.25) is 5.91 Å². The molecule has 35 heavy (non-hydrogen) atoms. The minimum atomic E-state index is -0.477. The van der Waals surface area contributed by atoms with Crippen molar-refractivity contribution in [2.45, 2.75) is 6.42 Å². The Bertz CT molecular complexity index is 1180. The van der Waals surface area contributed by atoms with E-state index in [9.17, 15) is 19.7 Å². The molecule has 3 aromatic carbocycles. The van der Waals surface area contributed by atoms with Crippen molar-refractivity contribution in [1.29, 1.82) is 0 Å². The maximum atomic E-state index is 13.1. The Hall–Kier alpha value is -4.66. The molecule has 0 aliphatic rings.